The maximum atomic E-state index is 11.8. The Morgan fingerprint density at radius 1 is 1.17 bits per heavy atom. The van der Waals surface area contributed by atoms with Crippen molar-refractivity contribution >= 4 is 39.9 Å². The zero-order chi connectivity index (χ0) is 17.7. The molecule has 2 aromatic rings. The molecule has 126 valence electrons. The van der Waals surface area contributed by atoms with E-state index in [1.165, 1.54) is 12.3 Å². The highest BCUT2D eigenvalue weighted by molar-refractivity contribution is 7.14. The van der Waals surface area contributed by atoms with Crippen molar-refractivity contribution in [3.8, 4) is 0 Å². The lowest BCUT2D eigenvalue weighted by atomic mass is 10.1. The Kier molecular flexibility index (Phi) is 5.64. The number of nitrogens with one attached hydrogen (secondary N) is 2. The van der Waals surface area contributed by atoms with Crippen molar-refractivity contribution < 1.29 is 19.1 Å². The number of esters is 1. The van der Waals surface area contributed by atoms with Gasteiger partial charge in [-0.1, -0.05) is 6.07 Å². The molecule has 0 radical (unpaired) electrons. The SMILES string of the molecule is CC(=O)Nc1nc(C(=O)OCC(=O)Nc2ccc(C)c(C)c2)cs1. The van der Waals surface area contributed by atoms with E-state index in [2.05, 4.69) is 15.6 Å². The molecule has 0 aliphatic heterocycles. The number of amides is 2. The molecule has 0 aliphatic carbocycles. The fourth-order valence-corrected chi connectivity index (χ4v) is 2.52. The van der Waals surface area contributed by atoms with E-state index >= 15 is 0 Å². The highest BCUT2D eigenvalue weighted by Gasteiger charge is 2.14. The Morgan fingerprint density at radius 2 is 1.92 bits per heavy atom. The molecule has 0 spiro atoms. The third-order valence-electron chi connectivity index (χ3n) is 3.12. The maximum absolute atomic E-state index is 11.8. The maximum Gasteiger partial charge on any atom is 0.358 e. The lowest BCUT2D eigenvalue weighted by Gasteiger charge is -2.08. The second-order valence-electron chi connectivity index (χ2n) is 5.14. The van der Waals surface area contributed by atoms with Crippen LogP contribution in [0.4, 0.5) is 10.8 Å². The molecule has 8 heteroatoms. The summed E-state index contributed by atoms with van der Waals surface area (Å²) >= 11 is 1.10. The minimum absolute atomic E-state index is 0.0442. The van der Waals surface area contributed by atoms with Gasteiger partial charge in [0, 0.05) is 18.0 Å². The molecule has 0 saturated heterocycles. The van der Waals surface area contributed by atoms with Crippen LogP contribution >= 0.6 is 11.3 Å². The lowest BCUT2D eigenvalue weighted by Crippen LogP contribution is -2.21. The average molecular weight is 347 g/mol. The molecule has 2 N–H and O–H groups in total. The number of anilines is 2. The average Bonchev–Trinajstić information content (AvgIpc) is 2.96. The predicted octanol–water partition coefficient (Wildman–Crippen LogP) is 2.51. The van der Waals surface area contributed by atoms with Crippen molar-refractivity contribution in [3.05, 3.63) is 40.4 Å². The van der Waals surface area contributed by atoms with Gasteiger partial charge in [-0.3, -0.25) is 9.59 Å². The summed E-state index contributed by atoms with van der Waals surface area (Å²) in [7, 11) is 0. The summed E-state index contributed by atoms with van der Waals surface area (Å²) in [5.74, 6) is -1.45. The molecule has 1 heterocycles. The molecule has 0 bridgehead atoms. The van der Waals surface area contributed by atoms with Crippen molar-refractivity contribution in [3.63, 3.8) is 0 Å². The van der Waals surface area contributed by atoms with Gasteiger partial charge in [0.05, 0.1) is 0 Å². The number of thiazole rings is 1. The Balaban J connectivity index is 1.86. The van der Waals surface area contributed by atoms with E-state index in [9.17, 15) is 14.4 Å². The molecule has 1 aromatic carbocycles. The molecule has 0 saturated carbocycles. The molecule has 0 atom stereocenters. The molecule has 24 heavy (non-hydrogen) atoms. The molecule has 2 rings (SSSR count). The van der Waals surface area contributed by atoms with Gasteiger partial charge in [-0.05, 0) is 37.1 Å². The largest absolute Gasteiger partial charge is 0.451 e. The Labute approximate surface area is 143 Å². The molecule has 7 nitrogen and oxygen atoms in total. The van der Waals surface area contributed by atoms with Crippen LogP contribution in [0.25, 0.3) is 0 Å². The van der Waals surface area contributed by atoms with Crippen LogP contribution in [0.1, 0.15) is 28.5 Å². The fourth-order valence-electron chi connectivity index (χ4n) is 1.80. The van der Waals surface area contributed by atoms with E-state index in [1.54, 1.807) is 6.07 Å². The van der Waals surface area contributed by atoms with E-state index in [0.717, 1.165) is 22.5 Å². The first-order chi connectivity index (χ1) is 11.3. The summed E-state index contributed by atoms with van der Waals surface area (Å²) in [6, 6.07) is 5.52. The number of aryl methyl sites for hydroxylation is 2. The molecular formula is C16H17N3O4S. The monoisotopic (exact) mass is 347 g/mol. The molecule has 1 aromatic heterocycles. The Hall–Kier alpha value is -2.74. The van der Waals surface area contributed by atoms with Crippen molar-refractivity contribution in [2.24, 2.45) is 0 Å². The van der Waals surface area contributed by atoms with Crippen molar-refractivity contribution in [2.75, 3.05) is 17.2 Å². The van der Waals surface area contributed by atoms with Gasteiger partial charge in [-0.15, -0.1) is 11.3 Å². The first kappa shape index (κ1) is 17.6. The molecule has 0 fully saturated rings. The predicted molar refractivity (Wildman–Crippen MR) is 91.2 cm³/mol. The van der Waals surface area contributed by atoms with E-state index in [-0.39, 0.29) is 11.6 Å². The third-order valence-corrected chi connectivity index (χ3v) is 3.88. The lowest BCUT2D eigenvalue weighted by molar-refractivity contribution is -0.119. The number of benzene rings is 1. The Morgan fingerprint density at radius 3 is 2.58 bits per heavy atom. The summed E-state index contributed by atoms with van der Waals surface area (Å²) < 4.78 is 4.91. The van der Waals surface area contributed by atoms with E-state index in [1.807, 2.05) is 26.0 Å². The van der Waals surface area contributed by atoms with Crippen LogP contribution in [0.2, 0.25) is 0 Å². The van der Waals surface area contributed by atoms with Crippen LogP contribution in [0.3, 0.4) is 0 Å². The van der Waals surface area contributed by atoms with Gasteiger partial charge in [-0.25, -0.2) is 9.78 Å². The van der Waals surface area contributed by atoms with E-state index < -0.39 is 18.5 Å². The summed E-state index contributed by atoms with van der Waals surface area (Å²) in [6.07, 6.45) is 0. The summed E-state index contributed by atoms with van der Waals surface area (Å²) in [5.41, 5.74) is 2.86. The smallest absolute Gasteiger partial charge is 0.358 e. The van der Waals surface area contributed by atoms with Gasteiger partial charge in [-0.2, -0.15) is 0 Å². The van der Waals surface area contributed by atoms with Crippen molar-refractivity contribution in [1.29, 1.82) is 0 Å². The van der Waals surface area contributed by atoms with Gasteiger partial charge in [0.2, 0.25) is 5.91 Å². The minimum Gasteiger partial charge on any atom is -0.451 e. The molecular weight excluding hydrogens is 330 g/mol. The number of rotatable bonds is 5. The van der Waals surface area contributed by atoms with Crippen LogP contribution in [-0.2, 0) is 14.3 Å². The summed E-state index contributed by atoms with van der Waals surface area (Å²) in [6.45, 7) is 4.85. The Bertz CT molecular complexity index is 785. The van der Waals surface area contributed by atoms with Crippen LogP contribution in [-0.4, -0.2) is 29.4 Å². The summed E-state index contributed by atoms with van der Waals surface area (Å²) in [5, 5.41) is 6.88. The number of ether oxygens (including phenoxy) is 1. The third kappa shape index (κ3) is 4.88. The second kappa shape index (κ2) is 7.69. The summed E-state index contributed by atoms with van der Waals surface area (Å²) in [4.78, 5) is 38.5. The first-order valence-corrected chi connectivity index (χ1v) is 8.00. The minimum atomic E-state index is -0.724. The number of carbonyl (C=O) groups excluding carboxylic acids is 3. The number of hydrogen-bond donors (Lipinski definition) is 2. The highest BCUT2D eigenvalue weighted by Crippen LogP contribution is 2.16. The highest BCUT2D eigenvalue weighted by atomic mass is 32.1. The van der Waals surface area contributed by atoms with Gasteiger partial charge in [0.25, 0.3) is 5.91 Å². The molecule has 0 unspecified atom stereocenters. The van der Waals surface area contributed by atoms with Crippen molar-refractivity contribution in [2.45, 2.75) is 20.8 Å². The van der Waals surface area contributed by atoms with Gasteiger partial charge < -0.3 is 15.4 Å². The van der Waals surface area contributed by atoms with Crippen LogP contribution in [0.15, 0.2) is 23.6 Å². The topological polar surface area (TPSA) is 97.4 Å². The van der Waals surface area contributed by atoms with Gasteiger partial charge in [0.1, 0.15) is 0 Å². The molecule has 2 amide bonds. The number of hydrogen-bond acceptors (Lipinski definition) is 6. The standard InChI is InChI=1S/C16H17N3O4S/c1-9-4-5-12(6-10(9)2)18-14(21)7-23-15(22)13-8-24-16(19-13)17-11(3)20/h4-6,8H,7H2,1-3H3,(H,18,21)(H,17,19,20). The van der Waals surface area contributed by atoms with E-state index in [4.69, 9.17) is 4.74 Å². The van der Waals surface area contributed by atoms with Crippen molar-refractivity contribution in [1.82, 2.24) is 4.98 Å². The second-order valence-corrected chi connectivity index (χ2v) is 6.00. The fraction of sp³-hybridized carbons (Fsp3) is 0.250. The van der Waals surface area contributed by atoms with Gasteiger partial charge >= 0.3 is 5.97 Å². The quantitative estimate of drug-likeness (QED) is 0.810. The number of carbonyl (C=O) groups is 3. The van der Waals surface area contributed by atoms with Crippen LogP contribution < -0.4 is 10.6 Å². The first-order valence-electron chi connectivity index (χ1n) is 7.12. The van der Waals surface area contributed by atoms with Crippen LogP contribution in [0.5, 0.6) is 0 Å². The number of nitrogens with zero attached hydrogens (tertiary/aromatic N) is 1. The molecule has 0 aliphatic rings. The zero-order valence-corrected chi connectivity index (χ0v) is 14.3. The van der Waals surface area contributed by atoms with E-state index in [0.29, 0.717) is 10.8 Å². The zero-order valence-electron chi connectivity index (χ0n) is 13.5. The van der Waals surface area contributed by atoms with Crippen LogP contribution in [0, 0.1) is 13.8 Å². The van der Waals surface area contributed by atoms with Gasteiger partial charge in [0.15, 0.2) is 17.4 Å². The normalized spacial score (nSPS) is 10.1. The number of aromatic nitrogens is 1.